The zero-order chi connectivity index (χ0) is 9.26. The number of nitrogens with one attached hydrogen (secondary N) is 1. The third kappa shape index (κ3) is 1.52. The maximum Gasteiger partial charge on any atom is 0.250 e. The van der Waals surface area contributed by atoms with Gasteiger partial charge in [-0.25, -0.2) is 0 Å². The van der Waals surface area contributed by atoms with Crippen LogP contribution in [-0.2, 0) is 6.42 Å². The third-order valence-corrected chi connectivity index (χ3v) is 2.33. The molecule has 1 aromatic rings. The molecule has 4 heteroatoms. The minimum absolute atomic E-state index is 0.359. The highest BCUT2D eigenvalue weighted by Gasteiger charge is 2.11. The van der Waals surface area contributed by atoms with Crippen LogP contribution < -0.4 is 11.2 Å². The number of rotatable bonds is 1. The van der Waals surface area contributed by atoms with E-state index in [-0.39, 0.29) is 5.91 Å². The summed E-state index contributed by atoms with van der Waals surface area (Å²) in [6, 6.07) is 1.86. The topological polar surface area (TPSA) is 60.1 Å². The highest BCUT2D eigenvalue weighted by molar-refractivity contribution is 5.92. The predicted octanol–water partition coefficient (Wildman–Crippen LogP) is 0.467. The third-order valence-electron chi connectivity index (χ3n) is 2.33. The molecule has 0 unspecified atom stereocenters. The van der Waals surface area contributed by atoms with Crippen molar-refractivity contribution in [1.29, 1.82) is 0 Å². The van der Waals surface area contributed by atoms with Gasteiger partial charge in [-0.05, 0) is 25.3 Å². The Labute approximate surface area is 76.7 Å². The molecule has 13 heavy (non-hydrogen) atoms. The summed E-state index contributed by atoms with van der Waals surface area (Å²) >= 11 is 0. The molecule has 0 fully saturated rings. The molecule has 0 saturated carbocycles. The van der Waals surface area contributed by atoms with Crippen LogP contribution in [0, 0.1) is 0 Å². The summed E-state index contributed by atoms with van der Waals surface area (Å²) in [4.78, 5) is 10.9. The first-order valence-corrected chi connectivity index (χ1v) is 4.52. The molecule has 4 nitrogen and oxygen atoms in total. The number of amides is 1. The Kier molecular flexibility index (Phi) is 1.96. The number of aryl methyl sites for hydroxylation is 1. The van der Waals surface area contributed by atoms with Crippen LogP contribution in [0.5, 0.6) is 0 Å². The van der Waals surface area contributed by atoms with Crippen LogP contribution in [0.3, 0.4) is 0 Å². The summed E-state index contributed by atoms with van der Waals surface area (Å²) in [5.41, 5.74) is 10.1. The number of primary amides is 1. The van der Waals surface area contributed by atoms with Gasteiger partial charge in [-0.3, -0.25) is 9.47 Å². The van der Waals surface area contributed by atoms with E-state index in [4.69, 9.17) is 5.73 Å². The summed E-state index contributed by atoms with van der Waals surface area (Å²) in [5, 5.41) is 0. The lowest BCUT2D eigenvalue weighted by Crippen LogP contribution is -2.15. The number of carbonyl (C=O) groups is 1. The van der Waals surface area contributed by atoms with Gasteiger partial charge in [0, 0.05) is 18.4 Å². The molecule has 1 aromatic heterocycles. The summed E-state index contributed by atoms with van der Waals surface area (Å²) in [6.45, 7) is 0.958. The van der Waals surface area contributed by atoms with Gasteiger partial charge in [0.1, 0.15) is 0 Å². The second-order valence-corrected chi connectivity index (χ2v) is 3.32. The number of hydrogen-bond acceptors (Lipinski definition) is 2. The van der Waals surface area contributed by atoms with E-state index in [1.54, 1.807) is 6.20 Å². The predicted molar refractivity (Wildman–Crippen MR) is 50.1 cm³/mol. The molecule has 2 heterocycles. The van der Waals surface area contributed by atoms with Crippen LogP contribution in [0.4, 0.5) is 0 Å². The Bertz CT molecular complexity index is 306. The van der Waals surface area contributed by atoms with Crippen molar-refractivity contribution in [1.82, 2.24) is 4.68 Å². The monoisotopic (exact) mass is 179 g/mol. The van der Waals surface area contributed by atoms with Gasteiger partial charge in [0.05, 0.1) is 5.56 Å². The second kappa shape index (κ2) is 3.12. The highest BCUT2D eigenvalue weighted by Crippen LogP contribution is 2.12. The van der Waals surface area contributed by atoms with E-state index in [1.165, 1.54) is 6.42 Å². The van der Waals surface area contributed by atoms with Crippen LogP contribution >= 0.6 is 0 Å². The van der Waals surface area contributed by atoms with Gasteiger partial charge in [0.15, 0.2) is 0 Å². The van der Waals surface area contributed by atoms with E-state index < -0.39 is 0 Å². The summed E-state index contributed by atoms with van der Waals surface area (Å²) < 4.78 is 1.91. The van der Waals surface area contributed by atoms with E-state index in [1.807, 2.05) is 10.7 Å². The minimum atomic E-state index is -0.359. The van der Waals surface area contributed by atoms with E-state index >= 15 is 0 Å². The lowest BCUT2D eigenvalue weighted by molar-refractivity contribution is 0.100. The number of carbonyl (C=O) groups excluding carboxylic acids is 1. The highest BCUT2D eigenvalue weighted by atomic mass is 16.1. The van der Waals surface area contributed by atoms with Crippen molar-refractivity contribution in [3.05, 3.63) is 23.5 Å². The molecule has 0 aromatic carbocycles. The Morgan fingerprint density at radius 2 is 2.38 bits per heavy atom. The van der Waals surface area contributed by atoms with Gasteiger partial charge in [-0.1, -0.05) is 0 Å². The molecule has 0 saturated heterocycles. The quantitative estimate of drug-likeness (QED) is 0.658. The smallest absolute Gasteiger partial charge is 0.250 e. The van der Waals surface area contributed by atoms with Crippen LogP contribution in [0.1, 0.15) is 28.9 Å². The normalized spacial score (nSPS) is 15.7. The van der Waals surface area contributed by atoms with Crippen LogP contribution in [0.25, 0.3) is 0 Å². The minimum Gasteiger partial charge on any atom is -0.366 e. The van der Waals surface area contributed by atoms with Crippen molar-refractivity contribution in [2.24, 2.45) is 5.73 Å². The molecule has 3 N–H and O–H groups in total. The maximum absolute atomic E-state index is 10.9. The molecule has 1 aliphatic rings. The molecule has 0 spiro atoms. The zero-order valence-electron chi connectivity index (χ0n) is 7.42. The fraction of sp³-hybridized carbons (Fsp3) is 0.444. The molecule has 0 bridgehead atoms. The molecular weight excluding hydrogens is 166 g/mol. The lowest BCUT2D eigenvalue weighted by atomic mass is 10.2. The summed E-state index contributed by atoms with van der Waals surface area (Å²) in [7, 11) is 0. The fourth-order valence-electron chi connectivity index (χ4n) is 1.61. The molecule has 0 atom stereocenters. The first-order valence-electron chi connectivity index (χ1n) is 4.52. The van der Waals surface area contributed by atoms with Crippen LogP contribution in [-0.4, -0.2) is 17.1 Å². The van der Waals surface area contributed by atoms with Gasteiger partial charge in [-0.2, -0.15) is 0 Å². The number of fused-ring (bicyclic) bond motifs is 1. The van der Waals surface area contributed by atoms with Gasteiger partial charge < -0.3 is 11.2 Å². The van der Waals surface area contributed by atoms with Gasteiger partial charge in [0.2, 0.25) is 5.91 Å². The van der Waals surface area contributed by atoms with Crippen molar-refractivity contribution in [3.63, 3.8) is 0 Å². The molecule has 0 radical (unpaired) electrons. The average molecular weight is 179 g/mol. The summed E-state index contributed by atoms with van der Waals surface area (Å²) in [5.74, 6) is -0.359. The lowest BCUT2D eigenvalue weighted by Gasteiger charge is -2.05. The van der Waals surface area contributed by atoms with E-state index in [2.05, 4.69) is 5.43 Å². The fourth-order valence-corrected chi connectivity index (χ4v) is 1.61. The van der Waals surface area contributed by atoms with Crippen molar-refractivity contribution in [2.45, 2.75) is 19.3 Å². The molecule has 2 rings (SSSR count). The van der Waals surface area contributed by atoms with Crippen LogP contribution in [0.2, 0.25) is 0 Å². The van der Waals surface area contributed by atoms with E-state index in [0.717, 1.165) is 25.1 Å². The SMILES string of the molecule is NC(=O)c1cc2n(c1)NCCCC2. The number of hydrogen-bond donors (Lipinski definition) is 2. The molecule has 1 amide bonds. The average Bonchev–Trinajstić information content (AvgIpc) is 2.38. The first-order chi connectivity index (χ1) is 6.27. The standard InChI is InChI=1S/C9H13N3O/c10-9(13)7-5-8-3-1-2-4-11-12(8)6-7/h5-6,11H,1-4H2,(H2,10,13). The van der Waals surface area contributed by atoms with Crippen molar-refractivity contribution >= 4 is 5.91 Å². The molecule has 0 aliphatic carbocycles. The van der Waals surface area contributed by atoms with E-state index in [0.29, 0.717) is 5.56 Å². The largest absolute Gasteiger partial charge is 0.366 e. The second-order valence-electron chi connectivity index (χ2n) is 3.32. The van der Waals surface area contributed by atoms with Gasteiger partial charge in [0.25, 0.3) is 0 Å². The maximum atomic E-state index is 10.9. The number of aromatic nitrogens is 1. The Balaban J connectivity index is 2.32. The van der Waals surface area contributed by atoms with Crippen molar-refractivity contribution in [2.75, 3.05) is 12.0 Å². The van der Waals surface area contributed by atoms with Crippen LogP contribution in [0.15, 0.2) is 12.3 Å². The zero-order valence-corrected chi connectivity index (χ0v) is 7.42. The first kappa shape index (κ1) is 8.16. The number of nitrogens with two attached hydrogens (primary N) is 1. The van der Waals surface area contributed by atoms with E-state index in [9.17, 15) is 4.79 Å². The molecule has 1 aliphatic heterocycles. The Morgan fingerprint density at radius 1 is 1.54 bits per heavy atom. The Hall–Kier alpha value is -1.45. The number of nitrogens with zero attached hydrogens (tertiary/aromatic N) is 1. The van der Waals surface area contributed by atoms with Gasteiger partial charge >= 0.3 is 0 Å². The molecule has 70 valence electrons. The van der Waals surface area contributed by atoms with Crippen molar-refractivity contribution in [3.8, 4) is 0 Å². The van der Waals surface area contributed by atoms with Gasteiger partial charge in [-0.15, -0.1) is 0 Å². The Morgan fingerprint density at radius 3 is 3.15 bits per heavy atom. The summed E-state index contributed by atoms with van der Waals surface area (Å²) in [6.07, 6.45) is 5.12. The molecular formula is C9H13N3O. The van der Waals surface area contributed by atoms with Crippen molar-refractivity contribution < 1.29 is 4.79 Å².